The number of carbonyl (C=O) groups is 1. The van der Waals surface area contributed by atoms with E-state index in [1.165, 1.54) is 0 Å². The zero-order valence-electron chi connectivity index (χ0n) is 15.1. The Balaban J connectivity index is 2.02. The second-order valence-electron chi connectivity index (χ2n) is 7.11. The van der Waals surface area contributed by atoms with E-state index in [1.807, 2.05) is 45.0 Å². The van der Waals surface area contributed by atoms with Gasteiger partial charge in [0.2, 0.25) is 0 Å². The Morgan fingerprint density at radius 2 is 2.08 bits per heavy atom. The van der Waals surface area contributed by atoms with Crippen LogP contribution in [-0.4, -0.2) is 27.3 Å². The number of H-pyrrole nitrogens is 1. The van der Waals surface area contributed by atoms with Crippen LogP contribution in [0.1, 0.15) is 44.5 Å². The molecule has 1 N–H and O–H groups in total. The van der Waals surface area contributed by atoms with E-state index in [4.69, 9.17) is 9.72 Å². The summed E-state index contributed by atoms with van der Waals surface area (Å²) in [6, 6.07) is 7.77. The lowest BCUT2D eigenvalue weighted by molar-refractivity contribution is 0.0860. The van der Waals surface area contributed by atoms with Crippen molar-refractivity contribution < 1.29 is 9.53 Å². The van der Waals surface area contributed by atoms with E-state index in [9.17, 15) is 4.79 Å². The first-order chi connectivity index (χ1) is 11.9. The summed E-state index contributed by atoms with van der Waals surface area (Å²) >= 11 is 0. The third kappa shape index (κ3) is 3.55. The first kappa shape index (κ1) is 17.1. The van der Waals surface area contributed by atoms with Crippen LogP contribution in [-0.2, 0) is 0 Å². The quantitative estimate of drug-likeness (QED) is 0.689. The molecule has 0 radical (unpaired) electrons. The summed E-state index contributed by atoms with van der Waals surface area (Å²) in [5, 5.41) is 0. The molecule has 0 amide bonds. The highest BCUT2D eigenvalue weighted by molar-refractivity contribution is 6.08. The molecule has 3 aromatic rings. The number of nitrogens with zero attached hydrogens (tertiary/aromatic N) is 2. The first-order valence-electron chi connectivity index (χ1n) is 8.52. The molecule has 0 saturated heterocycles. The second kappa shape index (κ2) is 6.67. The third-order valence-corrected chi connectivity index (χ3v) is 3.91. The standard InChI is InChI=1S/C20H23N3O2/c1-5-9-25-14-8-6-7-13(10-14)16-12-22-19-17(23-16)15(11-21-19)18(24)20(2,3)4/h6-8,10-12H,5,9H2,1-4H3,(H,21,22). The van der Waals surface area contributed by atoms with Gasteiger partial charge in [0.05, 0.1) is 24.1 Å². The predicted octanol–water partition coefficient (Wildman–Crippen LogP) is 4.64. The normalized spacial score (nSPS) is 11.7. The number of ether oxygens (including phenoxy) is 1. The van der Waals surface area contributed by atoms with Crippen molar-refractivity contribution in [3.05, 3.63) is 42.2 Å². The van der Waals surface area contributed by atoms with Gasteiger partial charge in [-0.3, -0.25) is 4.79 Å². The van der Waals surface area contributed by atoms with Crippen molar-refractivity contribution >= 4 is 16.9 Å². The maximum atomic E-state index is 12.7. The van der Waals surface area contributed by atoms with Crippen LogP contribution in [0, 0.1) is 5.41 Å². The van der Waals surface area contributed by atoms with Crippen LogP contribution in [0.5, 0.6) is 5.75 Å². The van der Waals surface area contributed by atoms with E-state index in [-0.39, 0.29) is 5.78 Å². The minimum atomic E-state index is -0.472. The maximum absolute atomic E-state index is 12.7. The topological polar surface area (TPSA) is 67.9 Å². The van der Waals surface area contributed by atoms with Crippen molar-refractivity contribution in [2.45, 2.75) is 34.1 Å². The predicted molar refractivity (Wildman–Crippen MR) is 98.9 cm³/mol. The Kier molecular flexibility index (Phi) is 4.57. The fourth-order valence-corrected chi connectivity index (χ4v) is 2.57. The first-order valence-corrected chi connectivity index (χ1v) is 8.52. The van der Waals surface area contributed by atoms with Crippen LogP contribution in [0.25, 0.3) is 22.4 Å². The number of fused-ring (bicyclic) bond motifs is 1. The van der Waals surface area contributed by atoms with Crippen molar-refractivity contribution in [3.8, 4) is 17.0 Å². The molecule has 130 valence electrons. The van der Waals surface area contributed by atoms with E-state index < -0.39 is 5.41 Å². The zero-order valence-corrected chi connectivity index (χ0v) is 15.1. The van der Waals surface area contributed by atoms with Gasteiger partial charge in [0.25, 0.3) is 0 Å². The number of benzene rings is 1. The number of aromatic amines is 1. The van der Waals surface area contributed by atoms with E-state index in [2.05, 4.69) is 16.9 Å². The molecule has 1 aromatic carbocycles. The molecule has 25 heavy (non-hydrogen) atoms. The minimum absolute atomic E-state index is 0.0465. The lowest BCUT2D eigenvalue weighted by atomic mass is 9.87. The summed E-state index contributed by atoms with van der Waals surface area (Å²) in [5.41, 5.74) is 2.97. The van der Waals surface area contributed by atoms with Gasteiger partial charge in [-0.05, 0) is 18.6 Å². The van der Waals surface area contributed by atoms with Crippen molar-refractivity contribution in [2.24, 2.45) is 5.41 Å². The Morgan fingerprint density at radius 1 is 1.28 bits per heavy atom. The molecule has 2 aromatic heterocycles. The van der Waals surface area contributed by atoms with E-state index in [0.29, 0.717) is 23.3 Å². The smallest absolute Gasteiger partial charge is 0.171 e. The van der Waals surface area contributed by atoms with Gasteiger partial charge in [-0.1, -0.05) is 39.8 Å². The number of ketones is 1. The van der Waals surface area contributed by atoms with Crippen molar-refractivity contribution in [2.75, 3.05) is 6.61 Å². The van der Waals surface area contributed by atoms with Crippen LogP contribution in [0.3, 0.4) is 0 Å². The molecule has 2 heterocycles. The van der Waals surface area contributed by atoms with Crippen molar-refractivity contribution in [1.29, 1.82) is 0 Å². The fraction of sp³-hybridized carbons (Fsp3) is 0.350. The summed E-state index contributed by atoms with van der Waals surface area (Å²) in [6.07, 6.45) is 4.36. The number of rotatable bonds is 5. The maximum Gasteiger partial charge on any atom is 0.171 e. The molecule has 0 unspecified atom stereocenters. The van der Waals surface area contributed by atoms with Gasteiger partial charge >= 0.3 is 0 Å². The number of hydrogen-bond donors (Lipinski definition) is 1. The average Bonchev–Trinajstić information content (AvgIpc) is 3.01. The number of Topliss-reactive ketones (excluding diaryl/α,β-unsaturated/α-hetero) is 1. The van der Waals surface area contributed by atoms with E-state index in [0.717, 1.165) is 23.4 Å². The molecule has 5 nitrogen and oxygen atoms in total. The minimum Gasteiger partial charge on any atom is -0.494 e. The Hall–Kier alpha value is -2.69. The van der Waals surface area contributed by atoms with Crippen LogP contribution >= 0.6 is 0 Å². The molecule has 0 aliphatic heterocycles. The van der Waals surface area contributed by atoms with Gasteiger partial charge in [-0.15, -0.1) is 0 Å². The highest BCUT2D eigenvalue weighted by Crippen LogP contribution is 2.28. The molecule has 0 bridgehead atoms. The molecule has 5 heteroatoms. The van der Waals surface area contributed by atoms with Crippen LogP contribution in [0.15, 0.2) is 36.7 Å². The van der Waals surface area contributed by atoms with Gasteiger partial charge in [0.15, 0.2) is 11.4 Å². The number of carbonyl (C=O) groups excluding carboxylic acids is 1. The SMILES string of the molecule is CCCOc1cccc(-c2cnc3[nH]cc(C(=O)C(C)(C)C)c3n2)c1. The lowest BCUT2D eigenvalue weighted by Crippen LogP contribution is -2.20. The molecule has 0 atom stereocenters. The summed E-state index contributed by atoms with van der Waals surface area (Å²) < 4.78 is 5.69. The summed E-state index contributed by atoms with van der Waals surface area (Å²) in [5.74, 6) is 0.853. The largest absolute Gasteiger partial charge is 0.494 e. The molecule has 0 aliphatic rings. The molecular weight excluding hydrogens is 314 g/mol. The molecular formula is C20H23N3O2. The lowest BCUT2D eigenvalue weighted by Gasteiger charge is -2.15. The van der Waals surface area contributed by atoms with Gasteiger partial charge in [0.1, 0.15) is 11.3 Å². The monoisotopic (exact) mass is 337 g/mol. The Labute approximate surface area is 147 Å². The van der Waals surface area contributed by atoms with Crippen molar-refractivity contribution in [1.82, 2.24) is 15.0 Å². The number of hydrogen-bond acceptors (Lipinski definition) is 4. The van der Waals surface area contributed by atoms with Crippen LogP contribution < -0.4 is 4.74 Å². The highest BCUT2D eigenvalue weighted by atomic mass is 16.5. The summed E-state index contributed by atoms with van der Waals surface area (Å²) in [6.45, 7) is 8.46. The number of nitrogens with one attached hydrogen (secondary N) is 1. The molecule has 0 spiro atoms. The van der Waals surface area contributed by atoms with Crippen molar-refractivity contribution in [3.63, 3.8) is 0 Å². The van der Waals surface area contributed by atoms with Crippen LogP contribution in [0.4, 0.5) is 0 Å². The molecule has 3 rings (SSSR count). The van der Waals surface area contributed by atoms with E-state index in [1.54, 1.807) is 12.4 Å². The summed E-state index contributed by atoms with van der Waals surface area (Å²) in [4.78, 5) is 24.8. The van der Waals surface area contributed by atoms with Gasteiger partial charge in [0, 0.05) is 17.2 Å². The Morgan fingerprint density at radius 3 is 2.80 bits per heavy atom. The second-order valence-corrected chi connectivity index (χ2v) is 7.11. The Bertz CT molecular complexity index is 907. The molecule has 0 saturated carbocycles. The van der Waals surface area contributed by atoms with E-state index >= 15 is 0 Å². The third-order valence-electron chi connectivity index (χ3n) is 3.91. The number of aromatic nitrogens is 3. The summed E-state index contributed by atoms with van der Waals surface area (Å²) in [7, 11) is 0. The molecule has 0 aliphatic carbocycles. The van der Waals surface area contributed by atoms with Gasteiger partial charge in [-0.2, -0.15) is 0 Å². The van der Waals surface area contributed by atoms with Crippen LogP contribution in [0.2, 0.25) is 0 Å². The molecule has 0 fully saturated rings. The fourth-order valence-electron chi connectivity index (χ4n) is 2.57. The average molecular weight is 337 g/mol. The highest BCUT2D eigenvalue weighted by Gasteiger charge is 2.26. The van der Waals surface area contributed by atoms with Gasteiger partial charge < -0.3 is 9.72 Å². The van der Waals surface area contributed by atoms with Gasteiger partial charge in [-0.25, -0.2) is 9.97 Å². The zero-order chi connectivity index (χ0) is 18.0.